The summed E-state index contributed by atoms with van der Waals surface area (Å²) in [6.45, 7) is 2.07. The van der Waals surface area contributed by atoms with E-state index in [-0.39, 0.29) is 6.04 Å². The highest BCUT2D eigenvalue weighted by Crippen LogP contribution is 2.24. The molecule has 18 heavy (non-hydrogen) atoms. The van der Waals surface area contributed by atoms with Crippen LogP contribution < -0.4 is 11.3 Å². The van der Waals surface area contributed by atoms with Gasteiger partial charge in [-0.25, -0.2) is 5.43 Å². The van der Waals surface area contributed by atoms with E-state index in [0.717, 1.165) is 28.8 Å². The van der Waals surface area contributed by atoms with Crippen LogP contribution in [0, 0.1) is 0 Å². The Balaban J connectivity index is 2.17. The third kappa shape index (κ3) is 3.02. The van der Waals surface area contributed by atoms with Crippen LogP contribution in [0.4, 0.5) is 0 Å². The Morgan fingerprint density at radius 2 is 2.06 bits per heavy atom. The predicted octanol–water partition coefficient (Wildman–Crippen LogP) is 3.35. The minimum absolute atomic E-state index is 0.0102. The molecule has 0 aliphatic carbocycles. The Hall–Kier alpha value is -1.10. The lowest BCUT2D eigenvalue weighted by Gasteiger charge is -2.14. The van der Waals surface area contributed by atoms with Gasteiger partial charge in [-0.1, -0.05) is 41.1 Å². The van der Waals surface area contributed by atoms with Crippen molar-refractivity contribution in [2.75, 3.05) is 0 Å². The molecule has 2 aromatic rings. The average molecular weight is 309 g/mol. The fourth-order valence-electron chi connectivity index (χ4n) is 1.90. The first-order chi connectivity index (χ1) is 8.74. The highest BCUT2D eigenvalue weighted by molar-refractivity contribution is 9.10. The van der Waals surface area contributed by atoms with Crippen molar-refractivity contribution >= 4 is 15.9 Å². The van der Waals surface area contributed by atoms with Crippen LogP contribution >= 0.6 is 15.9 Å². The zero-order valence-corrected chi connectivity index (χ0v) is 11.9. The number of aryl methyl sites for hydroxylation is 1. The van der Waals surface area contributed by atoms with Crippen LogP contribution in [0.1, 0.15) is 30.0 Å². The van der Waals surface area contributed by atoms with Crippen LogP contribution in [0.15, 0.2) is 45.3 Å². The number of nitrogens with one attached hydrogen (secondary N) is 1. The number of rotatable bonds is 5. The zero-order valence-electron chi connectivity index (χ0n) is 10.3. The molecule has 0 fully saturated rings. The minimum atomic E-state index is -0.0102. The Morgan fingerprint density at radius 3 is 2.67 bits per heavy atom. The van der Waals surface area contributed by atoms with E-state index >= 15 is 0 Å². The molecular formula is C14H17BrN2O. The molecule has 1 aromatic carbocycles. The Bertz CT molecular complexity index is 510. The molecule has 0 saturated carbocycles. The molecule has 1 atom stereocenters. The number of halogens is 1. The third-order valence-corrected chi connectivity index (χ3v) is 3.73. The molecule has 0 aliphatic heterocycles. The summed E-state index contributed by atoms with van der Waals surface area (Å²) in [5.74, 6) is 7.49. The number of hydrogen-bond donors (Lipinski definition) is 2. The van der Waals surface area contributed by atoms with Crippen molar-refractivity contribution < 1.29 is 4.42 Å². The van der Waals surface area contributed by atoms with E-state index in [1.165, 1.54) is 5.56 Å². The molecular weight excluding hydrogens is 292 g/mol. The SMILES string of the molecule is CCc1ccc(C(Cc2ccccc2Br)NN)o1. The van der Waals surface area contributed by atoms with Gasteiger partial charge in [-0.05, 0) is 30.2 Å². The monoisotopic (exact) mass is 308 g/mol. The molecule has 0 spiro atoms. The third-order valence-electron chi connectivity index (χ3n) is 2.96. The molecule has 1 aromatic heterocycles. The molecule has 0 amide bonds. The molecule has 0 aliphatic rings. The second kappa shape index (κ2) is 6.18. The summed E-state index contributed by atoms with van der Waals surface area (Å²) >= 11 is 3.55. The van der Waals surface area contributed by atoms with Gasteiger partial charge in [0.1, 0.15) is 11.5 Å². The molecule has 0 saturated heterocycles. The highest BCUT2D eigenvalue weighted by Gasteiger charge is 2.15. The van der Waals surface area contributed by atoms with Gasteiger partial charge < -0.3 is 4.42 Å². The lowest BCUT2D eigenvalue weighted by Crippen LogP contribution is -2.29. The van der Waals surface area contributed by atoms with Gasteiger partial charge in [0.15, 0.2) is 0 Å². The van der Waals surface area contributed by atoms with Crippen LogP contribution in [0.5, 0.6) is 0 Å². The summed E-state index contributed by atoms with van der Waals surface area (Å²) in [5.41, 5.74) is 4.02. The van der Waals surface area contributed by atoms with Crippen molar-refractivity contribution in [3.8, 4) is 0 Å². The second-order valence-corrected chi connectivity index (χ2v) is 5.03. The van der Waals surface area contributed by atoms with Gasteiger partial charge in [0.25, 0.3) is 0 Å². The Morgan fingerprint density at radius 1 is 1.28 bits per heavy atom. The van der Waals surface area contributed by atoms with E-state index in [1.807, 2.05) is 30.3 Å². The van der Waals surface area contributed by atoms with E-state index in [2.05, 4.69) is 34.3 Å². The predicted molar refractivity (Wildman–Crippen MR) is 76.0 cm³/mol. The highest BCUT2D eigenvalue weighted by atomic mass is 79.9. The molecule has 1 heterocycles. The molecule has 0 bridgehead atoms. The summed E-state index contributed by atoms with van der Waals surface area (Å²) in [4.78, 5) is 0. The van der Waals surface area contributed by atoms with Crippen LogP contribution in [0.2, 0.25) is 0 Å². The number of hydrazine groups is 1. The smallest absolute Gasteiger partial charge is 0.122 e. The van der Waals surface area contributed by atoms with Gasteiger partial charge in [0, 0.05) is 10.9 Å². The molecule has 1 unspecified atom stereocenters. The van der Waals surface area contributed by atoms with Gasteiger partial charge in [-0.15, -0.1) is 0 Å². The van der Waals surface area contributed by atoms with Crippen molar-refractivity contribution in [3.05, 3.63) is 58.0 Å². The molecule has 96 valence electrons. The lowest BCUT2D eigenvalue weighted by molar-refractivity contribution is 0.396. The topological polar surface area (TPSA) is 51.2 Å². The normalized spacial score (nSPS) is 12.6. The summed E-state index contributed by atoms with van der Waals surface area (Å²) < 4.78 is 6.83. The fraction of sp³-hybridized carbons (Fsp3) is 0.286. The van der Waals surface area contributed by atoms with Crippen molar-refractivity contribution in [1.29, 1.82) is 0 Å². The Kier molecular flexibility index (Phi) is 4.58. The van der Waals surface area contributed by atoms with E-state index in [1.54, 1.807) is 0 Å². The molecule has 3 nitrogen and oxygen atoms in total. The van der Waals surface area contributed by atoms with Gasteiger partial charge in [0.2, 0.25) is 0 Å². The lowest BCUT2D eigenvalue weighted by atomic mass is 10.0. The number of furan rings is 1. The summed E-state index contributed by atoms with van der Waals surface area (Å²) in [7, 11) is 0. The first-order valence-corrected chi connectivity index (χ1v) is 6.82. The van der Waals surface area contributed by atoms with Crippen molar-refractivity contribution in [3.63, 3.8) is 0 Å². The van der Waals surface area contributed by atoms with Gasteiger partial charge in [-0.2, -0.15) is 0 Å². The van der Waals surface area contributed by atoms with Crippen molar-refractivity contribution in [2.24, 2.45) is 5.84 Å². The summed E-state index contributed by atoms with van der Waals surface area (Å²) in [6.07, 6.45) is 1.68. The first-order valence-electron chi connectivity index (χ1n) is 6.02. The maximum atomic E-state index is 5.74. The number of hydrogen-bond acceptors (Lipinski definition) is 3. The fourth-order valence-corrected chi connectivity index (χ4v) is 2.34. The standard InChI is InChI=1S/C14H17BrN2O/c1-2-11-7-8-14(18-11)13(17-16)9-10-5-3-4-6-12(10)15/h3-8,13,17H,2,9,16H2,1H3. The van der Waals surface area contributed by atoms with E-state index in [9.17, 15) is 0 Å². The maximum Gasteiger partial charge on any atom is 0.122 e. The molecule has 3 N–H and O–H groups in total. The summed E-state index contributed by atoms with van der Waals surface area (Å²) in [6, 6.07) is 12.1. The minimum Gasteiger partial charge on any atom is -0.464 e. The van der Waals surface area contributed by atoms with E-state index in [0.29, 0.717) is 0 Å². The first kappa shape index (κ1) is 13.3. The van der Waals surface area contributed by atoms with E-state index < -0.39 is 0 Å². The average Bonchev–Trinajstić information content (AvgIpc) is 2.86. The van der Waals surface area contributed by atoms with Crippen LogP contribution in [0.3, 0.4) is 0 Å². The Labute approximate surface area is 115 Å². The summed E-state index contributed by atoms with van der Waals surface area (Å²) in [5, 5.41) is 0. The van der Waals surface area contributed by atoms with Crippen molar-refractivity contribution in [2.45, 2.75) is 25.8 Å². The zero-order chi connectivity index (χ0) is 13.0. The van der Waals surface area contributed by atoms with Gasteiger partial charge in [0.05, 0.1) is 6.04 Å². The largest absolute Gasteiger partial charge is 0.464 e. The van der Waals surface area contributed by atoms with Gasteiger partial charge in [-0.3, -0.25) is 5.84 Å². The molecule has 0 radical (unpaired) electrons. The van der Waals surface area contributed by atoms with Crippen molar-refractivity contribution in [1.82, 2.24) is 5.43 Å². The number of benzene rings is 1. The molecule has 2 rings (SSSR count). The second-order valence-electron chi connectivity index (χ2n) is 4.17. The maximum absolute atomic E-state index is 5.74. The van der Waals surface area contributed by atoms with Crippen LogP contribution in [-0.4, -0.2) is 0 Å². The quantitative estimate of drug-likeness (QED) is 0.658. The van der Waals surface area contributed by atoms with E-state index in [4.69, 9.17) is 10.3 Å². The van der Waals surface area contributed by atoms with Crippen LogP contribution in [-0.2, 0) is 12.8 Å². The van der Waals surface area contributed by atoms with Gasteiger partial charge >= 0.3 is 0 Å². The number of nitrogens with two attached hydrogens (primary N) is 1. The van der Waals surface area contributed by atoms with Crippen LogP contribution in [0.25, 0.3) is 0 Å². The molecule has 4 heteroatoms.